The highest BCUT2D eigenvalue weighted by Crippen LogP contribution is 2.08. The Labute approximate surface area is 127 Å². The number of aryl methyl sites for hydroxylation is 1. The number of hydrogen-bond donors (Lipinski definition) is 1. The molecular formula is C15H20N4O3. The molecule has 1 N–H and O–H groups in total. The first-order valence-corrected chi connectivity index (χ1v) is 7.10. The molecule has 7 heteroatoms. The lowest BCUT2D eigenvalue weighted by Crippen LogP contribution is -2.38. The minimum absolute atomic E-state index is 0.00570. The Bertz CT molecular complexity index is 848. The van der Waals surface area contributed by atoms with Crippen molar-refractivity contribution in [2.24, 2.45) is 20.0 Å². The molecule has 118 valence electrons. The van der Waals surface area contributed by atoms with E-state index in [1.54, 1.807) is 0 Å². The lowest BCUT2D eigenvalue weighted by atomic mass is 10.1. The van der Waals surface area contributed by atoms with Gasteiger partial charge in [-0.25, -0.2) is 9.78 Å². The van der Waals surface area contributed by atoms with E-state index in [0.29, 0.717) is 11.5 Å². The number of fused-ring (bicyclic) bond motifs is 1. The first-order valence-electron chi connectivity index (χ1n) is 7.10. The summed E-state index contributed by atoms with van der Waals surface area (Å²) in [6.07, 6.45) is 1.38. The molecule has 0 aromatic carbocycles. The zero-order valence-corrected chi connectivity index (χ0v) is 13.4. The summed E-state index contributed by atoms with van der Waals surface area (Å²) < 4.78 is 2.29. The fourth-order valence-corrected chi connectivity index (χ4v) is 2.05. The number of carbonyl (C=O) groups is 1. The molecule has 2 heterocycles. The van der Waals surface area contributed by atoms with Crippen LogP contribution in [0.25, 0.3) is 11.0 Å². The number of amides is 1. The molecule has 0 aliphatic heterocycles. The van der Waals surface area contributed by atoms with Crippen LogP contribution in [0.15, 0.2) is 21.9 Å². The molecular weight excluding hydrogens is 284 g/mol. The normalized spacial score (nSPS) is 12.6. The van der Waals surface area contributed by atoms with Crippen molar-refractivity contribution < 1.29 is 4.79 Å². The summed E-state index contributed by atoms with van der Waals surface area (Å²) in [5.74, 6) is 0.0116. The maximum Gasteiger partial charge on any atom is 0.332 e. The van der Waals surface area contributed by atoms with E-state index in [4.69, 9.17) is 0 Å². The van der Waals surface area contributed by atoms with E-state index in [0.717, 1.165) is 4.57 Å². The number of carbonyl (C=O) groups excluding carboxylic acids is 1. The SMILES string of the molecule is CC(C)C(C)NC(=O)c1cnc2c(c1)c(=O)n(C)c(=O)n2C. The second kappa shape index (κ2) is 5.75. The van der Waals surface area contributed by atoms with Crippen molar-refractivity contribution in [2.75, 3.05) is 0 Å². The van der Waals surface area contributed by atoms with E-state index in [1.165, 1.54) is 30.9 Å². The van der Waals surface area contributed by atoms with Gasteiger partial charge in [0, 0.05) is 26.3 Å². The Kier molecular flexibility index (Phi) is 4.16. The van der Waals surface area contributed by atoms with Crippen LogP contribution >= 0.6 is 0 Å². The van der Waals surface area contributed by atoms with Gasteiger partial charge in [-0.2, -0.15) is 0 Å². The molecule has 0 saturated carbocycles. The second-order valence-electron chi connectivity index (χ2n) is 5.81. The Morgan fingerprint density at radius 2 is 1.82 bits per heavy atom. The van der Waals surface area contributed by atoms with Crippen LogP contribution in [0.3, 0.4) is 0 Å². The molecule has 22 heavy (non-hydrogen) atoms. The van der Waals surface area contributed by atoms with Gasteiger partial charge in [0.15, 0.2) is 0 Å². The summed E-state index contributed by atoms with van der Waals surface area (Å²) in [6.45, 7) is 5.93. The Morgan fingerprint density at radius 1 is 1.18 bits per heavy atom. The molecule has 2 rings (SSSR count). The molecule has 2 aromatic heterocycles. The third kappa shape index (κ3) is 2.66. The van der Waals surface area contributed by atoms with E-state index in [-0.39, 0.29) is 23.0 Å². The van der Waals surface area contributed by atoms with Gasteiger partial charge >= 0.3 is 5.69 Å². The Hall–Kier alpha value is -2.44. The Morgan fingerprint density at radius 3 is 2.41 bits per heavy atom. The van der Waals surface area contributed by atoms with Crippen LogP contribution < -0.4 is 16.6 Å². The first kappa shape index (κ1) is 15.9. The van der Waals surface area contributed by atoms with Crippen molar-refractivity contribution in [3.05, 3.63) is 38.7 Å². The van der Waals surface area contributed by atoms with Crippen molar-refractivity contribution in [3.8, 4) is 0 Å². The van der Waals surface area contributed by atoms with Gasteiger partial charge in [-0.3, -0.25) is 18.7 Å². The van der Waals surface area contributed by atoms with Gasteiger partial charge < -0.3 is 5.32 Å². The molecule has 0 radical (unpaired) electrons. The van der Waals surface area contributed by atoms with E-state index < -0.39 is 11.2 Å². The van der Waals surface area contributed by atoms with E-state index in [2.05, 4.69) is 10.3 Å². The average molecular weight is 304 g/mol. The first-order chi connectivity index (χ1) is 10.2. The van der Waals surface area contributed by atoms with Crippen LogP contribution in [0, 0.1) is 5.92 Å². The van der Waals surface area contributed by atoms with Crippen molar-refractivity contribution in [2.45, 2.75) is 26.8 Å². The third-order valence-electron chi connectivity index (χ3n) is 3.91. The van der Waals surface area contributed by atoms with Gasteiger partial charge in [0.05, 0.1) is 10.9 Å². The lowest BCUT2D eigenvalue weighted by molar-refractivity contribution is 0.0930. The molecule has 0 spiro atoms. The molecule has 0 saturated heterocycles. The zero-order valence-electron chi connectivity index (χ0n) is 13.4. The third-order valence-corrected chi connectivity index (χ3v) is 3.91. The predicted molar refractivity (Wildman–Crippen MR) is 84.0 cm³/mol. The molecule has 1 atom stereocenters. The summed E-state index contributed by atoms with van der Waals surface area (Å²) in [4.78, 5) is 40.4. The second-order valence-corrected chi connectivity index (χ2v) is 5.81. The van der Waals surface area contributed by atoms with Crippen molar-refractivity contribution in [3.63, 3.8) is 0 Å². The molecule has 2 aromatic rings. The summed E-state index contributed by atoms with van der Waals surface area (Å²) in [5.41, 5.74) is -0.343. The van der Waals surface area contributed by atoms with Crippen LogP contribution in [0.2, 0.25) is 0 Å². The molecule has 0 aliphatic rings. The summed E-state index contributed by atoms with van der Waals surface area (Å²) >= 11 is 0. The quantitative estimate of drug-likeness (QED) is 0.889. The van der Waals surface area contributed by atoms with Crippen molar-refractivity contribution in [1.29, 1.82) is 0 Å². The maximum absolute atomic E-state index is 12.2. The monoisotopic (exact) mass is 304 g/mol. The fourth-order valence-electron chi connectivity index (χ4n) is 2.05. The summed E-state index contributed by atoms with van der Waals surface area (Å²) in [6, 6.07) is 1.48. The molecule has 0 fully saturated rings. The van der Waals surface area contributed by atoms with Gasteiger partial charge in [-0.05, 0) is 18.9 Å². The van der Waals surface area contributed by atoms with Crippen LogP contribution in [0.5, 0.6) is 0 Å². The number of pyridine rings is 1. The molecule has 1 unspecified atom stereocenters. The van der Waals surface area contributed by atoms with Crippen LogP contribution in [-0.2, 0) is 14.1 Å². The smallest absolute Gasteiger partial charge is 0.332 e. The van der Waals surface area contributed by atoms with Crippen LogP contribution in [-0.4, -0.2) is 26.1 Å². The van der Waals surface area contributed by atoms with E-state index in [1.807, 2.05) is 20.8 Å². The highest BCUT2D eigenvalue weighted by atomic mass is 16.2. The van der Waals surface area contributed by atoms with Crippen LogP contribution in [0.4, 0.5) is 0 Å². The van der Waals surface area contributed by atoms with E-state index in [9.17, 15) is 14.4 Å². The minimum Gasteiger partial charge on any atom is -0.349 e. The summed E-state index contributed by atoms with van der Waals surface area (Å²) in [5, 5.41) is 3.11. The Balaban J connectivity index is 2.54. The number of nitrogens with zero attached hydrogens (tertiary/aromatic N) is 3. The molecule has 0 aliphatic carbocycles. The highest BCUT2D eigenvalue weighted by Gasteiger charge is 2.16. The standard InChI is InChI=1S/C15H20N4O3/c1-8(2)9(3)17-13(20)10-6-11-12(16-7-10)18(4)15(22)19(5)14(11)21/h6-9H,1-5H3,(H,17,20). The maximum atomic E-state index is 12.2. The van der Waals surface area contributed by atoms with Gasteiger partial charge in [0.1, 0.15) is 5.65 Å². The number of rotatable bonds is 3. The number of hydrogen-bond acceptors (Lipinski definition) is 4. The number of aromatic nitrogens is 3. The molecule has 0 bridgehead atoms. The van der Waals surface area contributed by atoms with Crippen molar-refractivity contribution >= 4 is 16.9 Å². The predicted octanol–water partition coefficient (Wildman–Crippen LogP) is 0.406. The van der Waals surface area contributed by atoms with Gasteiger partial charge in [0.2, 0.25) is 0 Å². The van der Waals surface area contributed by atoms with E-state index >= 15 is 0 Å². The van der Waals surface area contributed by atoms with Gasteiger partial charge in [-0.1, -0.05) is 13.8 Å². The zero-order chi connectivity index (χ0) is 16.6. The minimum atomic E-state index is -0.461. The number of nitrogens with one attached hydrogen (secondary N) is 1. The molecule has 7 nitrogen and oxygen atoms in total. The van der Waals surface area contributed by atoms with Gasteiger partial charge in [0.25, 0.3) is 11.5 Å². The largest absolute Gasteiger partial charge is 0.349 e. The summed E-state index contributed by atoms with van der Waals surface area (Å²) in [7, 11) is 2.94. The average Bonchev–Trinajstić information content (AvgIpc) is 2.49. The fraction of sp³-hybridized carbons (Fsp3) is 0.467. The topological polar surface area (TPSA) is 86.0 Å². The van der Waals surface area contributed by atoms with Crippen LogP contribution in [0.1, 0.15) is 31.1 Å². The van der Waals surface area contributed by atoms with Gasteiger partial charge in [-0.15, -0.1) is 0 Å². The molecule has 1 amide bonds. The lowest BCUT2D eigenvalue weighted by Gasteiger charge is -2.17. The highest BCUT2D eigenvalue weighted by molar-refractivity contribution is 5.96. The van der Waals surface area contributed by atoms with Crippen molar-refractivity contribution in [1.82, 2.24) is 19.4 Å².